The van der Waals surface area contributed by atoms with Crippen LogP contribution in [-0.2, 0) is 6.54 Å². The number of hydrogen-bond acceptors (Lipinski definition) is 1. The number of halogens is 1. The fourth-order valence-corrected chi connectivity index (χ4v) is 1.64. The van der Waals surface area contributed by atoms with Crippen molar-refractivity contribution in [1.29, 1.82) is 0 Å². The molecule has 0 aliphatic heterocycles. The predicted octanol–water partition coefficient (Wildman–Crippen LogP) is 2.69. The minimum absolute atomic E-state index is 0.874. The van der Waals surface area contributed by atoms with E-state index in [4.69, 9.17) is 0 Å². The van der Waals surface area contributed by atoms with Crippen LogP contribution in [0.2, 0.25) is 0 Å². The third kappa shape index (κ3) is 2.18. The highest BCUT2D eigenvalue weighted by Crippen LogP contribution is 2.10. The fraction of sp³-hybridized carbons (Fsp3) is 0.100. The Kier molecular flexibility index (Phi) is 2.45. The van der Waals surface area contributed by atoms with Gasteiger partial charge in [-0.1, -0.05) is 0 Å². The smallest absolute Gasteiger partial charge is 0.0485 e. The Balaban J connectivity index is 2.19. The van der Waals surface area contributed by atoms with Crippen LogP contribution in [0.15, 0.2) is 47.5 Å². The highest BCUT2D eigenvalue weighted by Gasteiger charge is 1.94. The van der Waals surface area contributed by atoms with Crippen molar-refractivity contribution in [2.45, 2.75) is 6.54 Å². The number of aromatic nitrogens is 2. The fourth-order valence-electron chi connectivity index (χ4n) is 1.23. The van der Waals surface area contributed by atoms with Crippen molar-refractivity contribution < 1.29 is 0 Å². The third-order valence-corrected chi connectivity index (χ3v) is 2.23. The van der Waals surface area contributed by atoms with Gasteiger partial charge in [0.05, 0.1) is 0 Å². The molecule has 66 valence electrons. The number of pyridine rings is 1. The molecule has 0 spiro atoms. The van der Waals surface area contributed by atoms with Gasteiger partial charge in [-0.05, 0) is 39.7 Å². The minimum atomic E-state index is 0.874. The van der Waals surface area contributed by atoms with Gasteiger partial charge in [-0.25, -0.2) is 0 Å². The Morgan fingerprint density at radius 1 is 1.23 bits per heavy atom. The summed E-state index contributed by atoms with van der Waals surface area (Å²) in [5.41, 5.74) is 1.20. The second-order valence-corrected chi connectivity index (χ2v) is 3.78. The quantitative estimate of drug-likeness (QED) is 0.785. The molecule has 0 saturated heterocycles. The Labute approximate surface area is 85.4 Å². The van der Waals surface area contributed by atoms with Crippen LogP contribution >= 0.6 is 15.9 Å². The molecule has 0 aromatic carbocycles. The summed E-state index contributed by atoms with van der Waals surface area (Å²) in [4.78, 5) is 4.10. The summed E-state index contributed by atoms with van der Waals surface area (Å²) >= 11 is 3.39. The van der Waals surface area contributed by atoms with E-state index in [-0.39, 0.29) is 0 Å². The van der Waals surface area contributed by atoms with E-state index in [2.05, 4.69) is 31.5 Å². The number of hydrogen-bond donors (Lipinski definition) is 0. The van der Waals surface area contributed by atoms with Crippen molar-refractivity contribution in [3.05, 3.63) is 53.0 Å². The van der Waals surface area contributed by atoms with Gasteiger partial charge in [0, 0.05) is 35.8 Å². The molecule has 0 aliphatic carbocycles. The van der Waals surface area contributed by atoms with E-state index < -0.39 is 0 Å². The van der Waals surface area contributed by atoms with Gasteiger partial charge in [-0.2, -0.15) is 0 Å². The molecule has 2 aromatic rings. The Morgan fingerprint density at radius 3 is 2.69 bits per heavy atom. The minimum Gasteiger partial charge on any atom is -0.350 e. The maximum absolute atomic E-state index is 4.10. The lowest BCUT2D eigenvalue weighted by atomic mass is 10.3. The van der Waals surface area contributed by atoms with Gasteiger partial charge >= 0.3 is 0 Å². The van der Waals surface area contributed by atoms with Gasteiger partial charge < -0.3 is 4.57 Å². The molecule has 13 heavy (non-hydrogen) atoms. The molecule has 0 fully saturated rings. The summed E-state index contributed by atoms with van der Waals surface area (Å²) in [7, 11) is 0. The van der Waals surface area contributed by atoms with Crippen molar-refractivity contribution in [3.63, 3.8) is 0 Å². The summed E-state index contributed by atoms with van der Waals surface area (Å²) in [6.45, 7) is 0.874. The summed E-state index contributed by atoms with van der Waals surface area (Å²) in [5.74, 6) is 0. The summed E-state index contributed by atoms with van der Waals surface area (Å²) in [6, 6.07) is 6.11. The maximum atomic E-state index is 4.10. The van der Waals surface area contributed by atoms with E-state index in [1.165, 1.54) is 5.56 Å². The molecule has 0 unspecified atom stereocenters. The number of rotatable bonds is 2. The standard InChI is InChI=1S/C10H9BrN2/c11-10-5-9(6-12-7-10)8-13-3-1-2-4-13/h1-7H,8H2. The zero-order valence-corrected chi connectivity index (χ0v) is 8.61. The van der Waals surface area contributed by atoms with Gasteiger partial charge in [0.25, 0.3) is 0 Å². The van der Waals surface area contributed by atoms with Crippen molar-refractivity contribution in [1.82, 2.24) is 9.55 Å². The van der Waals surface area contributed by atoms with E-state index in [9.17, 15) is 0 Å². The van der Waals surface area contributed by atoms with Crippen LogP contribution in [0.4, 0.5) is 0 Å². The van der Waals surface area contributed by atoms with Crippen LogP contribution in [0.5, 0.6) is 0 Å². The molecule has 0 radical (unpaired) electrons. The summed E-state index contributed by atoms with van der Waals surface area (Å²) in [6.07, 6.45) is 7.76. The lowest BCUT2D eigenvalue weighted by molar-refractivity contribution is 0.801. The van der Waals surface area contributed by atoms with Crippen LogP contribution in [-0.4, -0.2) is 9.55 Å². The molecule has 0 N–H and O–H groups in total. The zero-order chi connectivity index (χ0) is 9.10. The van der Waals surface area contributed by atoms with Crippen LogP contribution < -0.4 is 0 Å². The molecule has 2 heterocycles. The van der Waals surface area contributed by atoms with Crippen molar-refractivity contribution in [2.24, 2.45) is 0 Å². The third-order valence-electron chi connectivity index (χ3n) is 1.79. The maximum Gasteiger partial charge on any atom is 0.0485 e. The Morgan fingerprint density at radius 2 is 2.00 bits per heavy atom. The highest BCUT2D eigenvalue weighted by atomic mass is 79.9. The first-order valence-electron chi connectivity index (χ1n) is 4.05. The van der Waals surface area contributed by atoms with Crippen LogP contribution in [0.1, 0.15) is 5.56 Å². The SMILES string of the molecule is Brc1cncc(Cn2cccc2)c1. The average Bonchev–Trinajstić information content (AvgIpc) is 2.57. The lowest BCUT2D eigenvalue weighted by Crippen LogP contribution is -1.96. The molecule has 0 saturated carbocycles. The first-order valence-corrected chi connectivity index (χ1v) is 4.84. The summed E-state index contributed by atoms with van der Waals surface area (Å²) < 4.78 is 3.14. The first kappa shape index (κ1) is 8.51. The normalized spacial score (nSPS) is 10.2. The molecule has 2 aromatic heterocycles. The Hall–Kier alpha value is -1.09. The van der Waals surface area contributed by atoms with E-state index in [1.54, 1.807) is 6.20 Å². The van der Waals surface area contributed by atoms with E-state index in [0.29, 0.717) is 0 Å². The van der Waals surface area contributed by atoms with E-state index >= 15 is 0 Å². The lowest BCUT2D eigenvalue weighted by Gasteiger charge is -2.02. The predicted molar refractivity (Wildman–Crippen MR) is 55.5 cm³/mol. The number of nitrogens with zero attached hydrogens (tertiary/aromatic N) is 2. The van der Waals surface area contributed by atoms with Gasteiger partial charge in [0.15, 0.2) is 0 Å². The monoisotopic (exact) mass is 236 g/mol. The summed E-state index contributed by atoms with van der Waals surface area (Å²) in [5, 5.41) is 0. The van der Waals surface area contributed by atoms with Crippen molar-refractivity contribution in [3.8, 4) is 0 Å². The largest absolute Gasteiger partial charge is 0.350 e. The molecule has 0 aliphatic rings. The van der Waals surface area contributed by atoms with Crippen LogP contribution in [0, 0.1) is 0 Å². The van der Waals surface area contributed by atoms with Gasteiger partial charge in [-0.15, -0.1) is 0 Å². The first-order chi connectivity index (χ1) is 6.34. The molecule has 0 bridgehead atoms. The van der Waals surface area contributed by atoms with Gasteiger partial charge in [-0.3, -0.25) is 4.98 Å². The van der Waals surface area contributed by atoms with E-state index in [0.717, 1.165) is 11.0 Å². The Bertz CT molecular complexity index is 382. The van der Waals surface area contributed by atoms with Gasteiger partial charge in [0.2, 0.25) is 0 Å². The molecule has 0 atom stereocenters. The molecule has 2 rings (SSSR count). The molecule has 0 amide bonds. The zero-order valence-electron chi connectivity index (χ0n) is 7.02. The molecule has 3 heteroatoms. The topological polar surface area (TPSA) is 17.8 Å². The molecule has 2 nitrogen and oxygen atoms in total. The van der Waals surface area contributed by atoms with Crippen molar-refractivity contribution in [2.75, 3.05) is 0 Å². The van der Waals surface area contributed by atoms with Gasteiger partial charge in [0.1, 0.15) is 0 Å². The average molecular weight is 237 g/mol. The molecular formula is C10H9BrN2. The van der Waals surface area contributed by atoms with Crippen molar-refractivity contribution >= 4 is 15.9 Å². The highest BCUT2D eigenvalue weighted by molar-refractivity contribution is 9.10. The molecular weight excluding hydrogens is 228 g/mol. The van der Waals surface area contributed by atoms with E-state index in [1.807, 2.05) is 30.7 Å². The van der Waals surface area contributed by atoms with Crippen LogP contribution in [0.3, 0.4) is 0 Å². The second-order valence-electron chi connectivity index (χ2n) is 2.87. The second kappa shape index (κ2) is 3.75. The van der Waals surface area contributed by atoms with Crippen LogP contribution in [0.25, 0.3) is 0 Å².